The summed E-state index contributed by atoms with van der Waals surface area (Å²) in [5.74, 6) is 0.909. The average molecular weight is 233 g/mol. The maximum absolute atomic E-state index is 8.88. The Balaban J connectivity index is 2.34. The van der Waals surface area contributed by atoms with Crippen LogP contribution in [0.4, 0.5) is 0 Å². The van der Waals surface area contributed by atoms with Crippen LogP contribution in [0.2, 0.25) is 0 Å². The second-order valence-electron chi connectivity index (χ2n) is 4.80. The number of aromatic amines is 1. The van der Waals surface area contributed by atoms with E-state index in [1.807, 2.05) is 32.0 Å². The molecule has 1 aromatic heterocycles. The first-order valence-corrected chi connectivity index (χ1v) is 5.89. The molecule has 0 aliphatic rings. The Hall–Kier alpha value is -1.39. The van der Waals surface area contributed by atoms with Gasteiger partial charge >= 0.3 is 0 Å². The zero-order valence-corrected chi connectivity index (χ0v) is 10.3. The lowest BCUT2D eigenvalue weighted by Gasteiger charge is -2.24. The van der Waals surface area contributed by atoms with Gasteiger partial charge in [-0.1, -0.05) is 6.07 Å². The lowest BCUT2D eigenvalue weighted by Crippen LogP contribution is -2.33. The van der Waals surface area contributed by atoms with Crippen LogP contribution in [0.25, 0.3) is 11.0 Å². The van der Waals surface area contributed by atoms with Crippen molar-refractivity contribution in [3.8, 4) is 0 Å². The maximum Gasteiger partial charge on any atom is 0.104 e. The molecule has 0 amide bonds. The van der Waals surface area contributed by atoms with Gasteiger partial charge in [0.25, 0.3) is 0 Å². The third-order valence-corrected chi connectivity index (χ3v) is 3.11. The van der Waals surface area contributed by atoms with Crippen LogP contribution >= 0.6 is 0 Å². The predicted octanol–water partition coefficient (Wildman–Crippen LogP) is 1.82. The van der Waals surface area contributed by atoms with E-state index >= 15 is 0 Å². The summed E-state index contributed by atoms with van der Waals surface area (Å²) in [6, 6.07) is 6.05. The molecule has 2 aromatic rings. The molecule has 4 N–H and O–H groups in total. The Bertz CT molecular complexity index is 516. The minimum absolute atomic E-state index is 0.179. The smallest absolute Gasteiger partial charge is 0.104 e. The Morgan fingerprint density at radius 1 is 1.47 bits per heavy atom. The summed E-state index contributed by atoms with van der Waals surface area (Å²) in [5, 5.41) is 8.88. The van der Waals surface area contributed by atoms with Gasteiger partial charge in [0.15, 0.2) is 0 Å². The second-order valence-corrected chi connectivity index (χ2v) is 4.80. The lowest BCUT2D eigenvalue weighted by molar-refractivity contribution is 0.266. The average Bonchev–Trinajstić information content (AvgIpc) is 2.65. The summed E-state index contributed by atoms with van der Waals surface area (Å²) >= 11 is 0. The maximum atomic E-state index is 8.88. The first-order valence-electron chi connectivity index (χ1n) is 5.89. The quantitative estimate of drug-likeness (QED) is 0.754. The fourth-order valence-electron chi connectivity index (χ4n) is 2.08. The first kappa shape index (κ1) is 12.1. The molecule has 0 radical (unpaired) electrons. The standard InChI is InChI=1S/C13H19N3O/c1-9-15-11-5-4-10(8-12(11)16-9)13(2,14)6-3-7-17/h4-5,8,17H,3,6-7,14H2,1-2H3,(H,15,16). The molecule has 0 saturated carbocycles. The van der Waals surface area contributed by atoms with Crippen LogP contribution in [0, 0.1) is 6.92 Å². The highest BCUT2D eigenvalue weighted by Gasteiger charge is 2.21. The molecule has 0 aliphatic heterocycles. The molecule has 92 valence electrons. The van der Waals surface area contributed by atoms with Gasteiger partial charge in [-0.2, -0.15) is 0 Å². The molecule has 4 heteroatoms. The van der Waals surface area contributed by atoms with E-state index in [1.165, 1.54) is 0 Å². The van der Waals surface area contributed by atoms with Crippen molar-refractivity contribution in [2.75, 3.05) is 6.61 Å². The zero-order valence-electron chi connectivity index (χ0n) is 10.3. The van der Waals surface area contributed by atoms with Gasteiger partial charge in [-0.25, -0.2) is 4.98 Å². The van der Waals surface area contributed by atoms with Crippen LogP contribution in [-0.4, -0.2) is 21.7 Å². The summed E-state index contributed by atoms with van der Waals surface area (Å²) in [6.45, 7) is 4.11. The molecule has 2 rings (SSSR count). The van der Waals surface area contributed by atoms with E-state index < -0.39 is 5.54 Å². The number of aryl methyl sites for hydroxylation is 1. The van der Waals surface area contributed by atoms with Crippen molar-refractivity contribution < 1.29 is 5.11 Å². The zero-order chi connectivity index (χ0) is 12.5. The number of aliphatic hydroxyl groups is 1. The number of hydrogen-bond acceptors (Lipinski definition) is 3. The topological polar surface area (TPSA) is 74.9 Å². The highest BCUT2D eigenvalue weighted by molar-refractivity contribution is 5.76. The van der Waals surface area contributed by atoms with Crippen LogP contribution < -0.4 is 5.73 Å². The Morgan fingerprint density at radius 2 is 2.24 bits per heavy atom. The van der Waals surface area contributed by atoms with Gasteiger partial charge in [-0.05, 0) is 44.4 Å². The number of hydrogen-bond donors (Lipinski definition) is 3. The SMILES string of the molecule is Cc1nc2ccc(C(C)(N)CCCO)cc2[nH]1. The van der Waals surface area contributed by atoms with Crippen LogP contribution in [-0.2, 0) is 5.54 Å². The van der Waals surface area contributed by atoms with Gasteiger partial charge in [0.1, 0.15) is 5.82 Å². The molecule has 1 unspecified atom stereocenters. The van der Waals surface area contributed by atoms with Gasteiger partial charge in [0, 0.05) is 12.1 Å². The number of rotatable bonds is 4. The van der Waals surface area contributed by atoms with E-state index in [2.05, 4.69) is 9.97 Å². The van der Waals surface area contributed by atoms with Crippen molar-refractivity contribution >= 4 is 11.0 Å². The van der Waals surface area contributed by atoms with Crippen LogP contribution in [0.5, 0.6) is 0 Å². The molecule has 0 bridgehead atoms. The number of nitrogens with two attached hydrogens (primary N) is 1. The third-order valence-electron chi connectivity index (χ3n) is 3.11. The van der Waals surface area contributed by atoms with Crippen molar-refractivity contribution in [1.29, 1.82) is 0 Å². The number of H-pyrrole nitrogens is 1. The molecule has 0 saturated heterocycles. The first-order chi connectivity index (χ1) is 8.03. The molecule has 1 aromatic carbocycles. The molecule has 0 fully saturated rings. The minimum Gasteiger partial charge on any atom is -0.396 e. The molecule has 4 nitrogen and oxygen atoms in total. The summed E-state index contributed by atoms with van der Waals surface area (Å²) < 4.78 is 0. The fraction of sp³-hybridized carbons (Fsp3) is 0.462. The van der Waals surface area contributed by atoms with Gasteiger partial charge in [0.2, 0.25) is 0 Å². The summed E-state index contributed by atoms with van der Waals surface area (Å²) in [4.78, 5) is 7.57. The predicted molar refractivity (Wildman–Crippen MR) is 68.7 cm³/mol. The van der Waals surface area contributed by atoms with Gasteiger partial charge in [0.05, 0.1) is 11.0 Å². The normalized spacial score (nSPS) is 15.1. The molecular weight excluding hydrogens is 214 g/mol. The number of imidazole rings is 1. The highest BCUT2D eigenvalue weighted by Crippen LogP contribution is 2.25. The number of fused-ring (bicyclic) bond motifs is 1. The van der Waals surface area contributed by atoms with Crippen molar-refractivity contribution in [3.63, 3.8) is 0 Å². The largest absolute Gasteiger partial charge is 0.396 e. The van der Waals surface area contributed by atoms with Gasteiger partial charge in [-0.15, -0.1) is 0 Å². The number of benzene rings is 1. The lowest BCUT2D eigenvalue weighted by atomic mass is 9.88. The number of nitrogens with one attached hydrogen (secondary N) is 1. The van der Waals surface area contributed by atoms with E-state index in [0.29, 0.717) is 6.42 Å². The van der Waals surface area contributed by atoms with E-state index in [0.717, 1.165) is 28.8 Å². The summed E-state index contributed by atoms with van der Waals surface area (Å²) in [6.07, 6.45) is 1.48. The third kappa shape index (κ3) is 2.48. The van der Waals surface area contributed by atoms with E-state index in [1.54, 1.807) is 0 Å². The number of nitrogens with zero attached hydrogens (tertiary/aromatic N) is 1. The van der Waals surface area contributed by atoms with Gasteiger partial charge in [-0.3, -0.25) is 0 Å². The Kier molecular flexibility index (Phi) is 3.17. The number of aliphatic hydroxyl groups excluding tert-OH is 1. The summed E-state index contributed by atoms with van der Waals surface area (Å²) in [7, 11) is 0. The molecular formula is C13H19N3O. The molecule has 1 heterocycles. The van der Waals surface area contributed by atoms with Crippen LogP contribution in [0.15, 0.2) is 18.2 Å². The van der Waals surface area contributed by atoms with E-state index in [9.17, 15) is 0 Å². The van der Waals surface area contributed by atoms with Crippen LogP contribution in [0.1, 0.15) is 31.2 Å². The molecule has 0 spiro atoms. The van der Waals surface area contributed by atoms with Crippen molar-refractivity contribution in [2.45, 2.75) is 32.2 Å². The second kappa shape index (κ2) is 4.47. The van der Waals surface area contributed by atoms with E-state index in [-0.39, 0.29) is 6.61 Å². The fourth-order valence-corrected chi connectivity index (χ4v) is 2.08. The molecule has 0 aliphatic carbocycles. The Labute approximate surface area is 101 Å². The Morgan fingerprint density at radius 3 is 2.94 bits per heavy atom. The van der Waals surface area contributed by atoms with Crippen molar-refractivity contribution in [3.05, 3.63) is 29.6 Å². The monoisotopic (exact) mass is 233 g/mol. The van der Waals surface area contributed by atoms with E-state index in [4.69, 9.17) is 10.8 Å². The summed E-state index contributed by atoms with van der Waals surface area (Å²) in [5.41, 5.74) is 8.92. The molecule has 17 heavy (non-hydrogen) atoms. The van der Waals surface area contributed by atoms with Crippen LogP contribution in [0.3, 0.4) is 0 Å². The van der Waals surface area contributed by atoms with Crippen molar-refractivity contribution in [1.82, 2.24) is 9.97 Å². The minimum atomic E-state index is -0.407. The molecule has 1 atom stereocenters. The number of aromatic nitrogens is 2. The van der Waals surface area contributed by atoms with Gasteiger partial charge < -0.3 is 15.8 Å². The van der Waals surface area contributed by atoms with Crippen molar-refractivity contribution in [2.24, 2.45) is 5.73 Å². The highest BCUT2D eigenvalue weighted by atomic mass is 16.2.